The highest BCUT2D eigenvalue weighted by Gasteiger charge is 2.19. The van der Waals surface area contributed by atoms with Crippen molar-refractivity contribution in [3.05, 3.63) is 35.1 Å². The highest BCUT2D eigenvalue weighted by molar-refractivity contribution is 7.71. The van der Waals surface area contributed by atoms with Crippen LogP contribution in [0.2, 0.25) is 0 Å². The summed E-state index contributed by atoms with van der Waals surface area (Å²) in [5, 5.41) is 7.26. The van der Waals surface area contributed by atoms with Crippen LogP contribution in [0.5, 0.6) is 0 Å². The number of aromatic amines is 1. The van der Waals surface area contributed by atoms with Crippen LogP contribution in [0.1, 0.15) is 13.8 Å². The van der Waals surface area contributed by atoms with Crippen molar-refractivity contribution in [1.29, 1.82) is 0 Å². The standard InChI is InChI=1S/C14H20N4OS/c1-4-17(11(2)10-19-3)13-15-16-14(20)18(13)12-8-6-5-7-9-12/h5-9,11H,4,10H2,1-3H3,(H,16,20). The second kappa shape index (κ2) is 6.67. The van der Waals surface area contributed by atoms with Gasteiger partial charge in [-0.15, -0.1) is 5.10 Å². The van der Waals surface area contributed by atoms with Gasteiger partial charge in [0.25, 0.3) is 0 Å². The van der Waals surface area contributed by atoms with Crippen LogP contribution in [0.25, 0.3) is 5.69 Å². The van der Waals surface area contributed by atoms with Crippen molar-refractivity contribution >= 4 is 18.2 Å². The van der Waals surface area contributed by atoms with Crippen LogP contribution < -0.4 is 4.90 Å². The van der Waals surface area contributed by atoms with Gasteiger partial charge in [-0.3, -0.25) is 4.57 Å². The van der Waals surface area contributed by atoms with E-state index in [4.69, 9.17) is 17.0 Å². The molecular weight excluding hydrogens is 272 g/mol. The maximum atomic E-state index is 5.36. The second-order valence-corrected chi connectivity index (χ2v) is 4.98. The summed E-state index contributed by atoms with van der Waals surface area (Å²) in [5.74, 6) is 0.813. The summed E-state index contributed by atoms with van der Waals surface area (Å²) < 4.78 is 7.79. The SMILES string of the molecule is CCN(c1n[nH]c(=S)n1-c1ccccc1)C(C)COC. The summed E-state index contributed by atoms with van der Waals surface area (Å²) in [6.07, 6.45) is 0. The number of rotatable bonds is 6. The topological polar surface area (TPSA) is 46.1 Å². The van der Waals surface area contributed by atoms with Crippen molar-refractivity contribution in [3.8, 4) is 5.69 Å². The Bertz CT molecular complexity index is 593. The molecule has 0 radical (unpaired) electrons. The average Bonchev–Trinajstić information content (AvgIpc) is 2.83. The Kier molecular flexibility index (Phi) is 4.92. The fourth-order valence-electron chi connectivity index (χ4n) is 2.27. The third kappa shape index (κ3) is 2.91. The van der Waals surface area contributed by atoms with Gasteiger partial charge in [-0.25, -0.2) is 5.10 Å². The van der Waals surface area contributed by atoms with Gasteiger partial charge in [-0.2, -0.15) is 0 Å². The monoisotopic (exact) mass is 292 g/mol. The van der Waals surface area contributed by atoms with E-state index >= 15 is 0 Å². The molecule has 2 rings (SSSR count). The highest BCUT2D eigenvalue weighted by atomic mass is 32.1. The fourth-order valence-corrected chi connectivity index (χ4v) is 2.51. The number of likely N-dealkylation sites (N-methyl/N-ethyl adjacent to an activating group) is 1. The quantitative estimate of drug-likeness (QED) is 0.832. The third-order valence-corrected chi connectivity index (χ3v) is 3.48. The second-order valence-electron chi connectivity index (χ2n) is 4.59. The third-order valence-electron chi connectivity index (χ3n) is 3.21. The molecule has 1 aromatic carbocycles. The molecule has 0 aliphatic carbocycles. The lowest BCUT2D eigenvalue weighted by Crippen LogP contribution is -2.37. The molecule has 1 atom stereocenters. The Balaban J connectivity index is 2.45. The molecule has 2 aromatic rings. The van der Waals surface area contributed by atoms with Gasteiger partial charge < -0.3 is 9.64 Å². The molecule has 108 valence electrons. The molecule has 20 heavy (non-hydrogen) atoms. The van der Waals surface area contributed by atoms with Crippen molar-refractivity contribution in [2.24, 2.45) is 0 Å². The predicted octanol–water partition coefficient (Wildman–Crippen LogP) is 2.79. The summed E-state index contributed by atoms with van der Waals surface area (Å²) in [7, 11) is 1.71. The molecule has 0 spiro atoms. The fraction of sp³-hybridized carbons (Fsp3) is 0.429. The molecule has 1 N–H and O–H groups in total. The first-order valence-electron chi connectivity index (χ1n) is 6.67. The van der Waals surface area contributed by atoms with Crippen LogP contribution in [-0.2, 0) is 4.74 Å². The number of methoxy groups -OCH3 is 1. The molecule has 0 saturated carbocycles. The van der Waals surface area contributed by atoms with Crippen LogP contribution in [0.4, 0.5) is 5.95 Å². The Labute approximate surface area is 124 Å². The van der Waals surface area contributed by atoms with Gasteiger partial charge in [0.15, 0.2) is 0 Å². The average molecular weight is 292 g/mol. The molecule has 0 amide bonds. The van der Waals surface area contributed by atoms with E-state index in [0.29, 0.717) is 11.4 Å². The number of benzene rings is 1. The van der Waals surface area contributed by atoms with E-state index in [0.717, 1.165) is 18.2 Å². The maximum Gasteiger partial charge on any atom is 0.230 e. The van der Waals surface area contributed by atoms with E-state index < -0.39 is 0 Å². The maximum absolute atomic E-state index is 5.36. The Morgan fingerprint density at radius 1 is 1.40 bits per heavy atom. The molecule has 1 aromatic heterocycles. The summed E-state index contributed by atoms with van der Waals surface area (Å²) in [5.41, 5.74) is 1.00. The first kappa shape index (κ1) is 14.7. The van der Waals surface area contributed by atoms with E-state index in [1.54, 1.807) is 7.11 Å². The van der Waals surface area contributed by atoms with Crippen molar-refractivity contribution < 1.29 is 4.74 Å². The summed E-state index contributed by atoms with van der Waals surface area (Å²) in [6.45, 7) is 5.68. The van der Waals surface area contributed by atoms with Gasteiger partial charge >= 0.3 is 0 Å². The molecule has 1 heterocycles. The smallest absolute Gasteiger partial charge is 0.230 e. The zero-order chi connectivity index (χ0) is 14.5. The minimum absolute atomic E-state index is 0.220. The van der Waals surface area contributed by atoms with Gasteiger partial charge in [0.1, 0.15) is 0 Å². The molecule has 6 heteroatoms. The van der Waals surface area contributed by atoms with E-state index in [1.807, 2.05) is 34.9 Å². The highest BCUT2D eigenvalue weighted by Crippen LogP contribution is 2.20. The van der Waals surface area contributed by atoms with Gasteiger partial charge in [0, 0.05) is 13.7 Å². The minimum atomic E-state index is 0.220. The molecule has 0 saturated heterocycles. The zero-order valence-corrected chi connectivity index (χ0v) is 12.9. The Morgan fingerprint density at radius 2 is 2.10 bits per heavy atom. The molecule has 0 aliphatic rings. The number of hydrogen-bond acceptors (Lipinski definition) is 4. The number of H-pyrrole nitrogens is 1. The lowest BCUT2D eigenvalue weighted by Gasteiger charge is -2.28. The van der Waals surface area contributed by atoms with Crippen LogP contribution in [0.3, 0.4) is 0 Å². The van der Waals surface area contributed by atoms with Crippen molar-refractivity contribution in [2.75, 3.05) is 25.2 Å². The van der Waals surface area contributed by atoms with Crippen LogP contribution in [0.15, 0.2) is 30.3 Å². The van der Waals surface area contributed by atoms with Gasteiger partial charge in [-0.05, 0) is 38.2 Å². The number of nitrogens with zero attached hydrogens (tertiary/aromatic N) is 3. The minimum Gasteiger partial charge on any atom is -0.383 e. The normalized spacial score (nSPS) is 12.3. The van der Waals surface area contributed by atoms with Crippen molar-refractivity contribution in [2.45, 2.75) is 19.9 Å². The number of anilines is 1. The van der Waals surface area contributed by atoms with Gasteiger partial charge in [-0.1, -0.05) is 18.2 Å². The molecule has 0 aliphatic heterocycles. The molecular formula is C14H20N4OS. The largest absolute Gasteiger partial charge is 0.383 e. The first-order chi connectivity index (χ1) is 9.69. The van der Waals surface area contributed by atoms with E-state index in [-0.39, 0.29) is 6.04 Å². The summed E-state index contributed by atoms with van der Waals surface area (Å²) in [4.78, 5) is 2.17. The predicted molar refractivity (Wildman–Crippen MR) is 83.1 cm³/mol. The van der Waals surface area contributed by atoms with Gasteiger partial charge in [0.2, 0.25) is 10.7 Å². The molecule has 0 fully saturated rings. The van der Waals surface area contributed by atoms with E-state index in [1.165, 1.54) is 0 Å². The van der Waals surface area contributed by atoms with Crippen LogP contribution >= 0.6 is 12.2 Å². The van der Waals surface area contributed by atoms with Gasteiger partial charge in [0.05, 0.1) is 18.3 Å². The van der Waals surface area contributed by atoms with Crippen molar-refractivity contribution in [3.63, 3.8) is 0 Å². The lowest BCUT2D eigenvalue weighted by molar-refractivity contribution is 0.181. The number of para-hydroxylation sites is 1. The van der Waals surface area contributed by atoms with Crippen LogP contribution in [-0.4, -0.2) is 41.1 Å². The first-order valence-corrected chi connectivity index (χ1v) is 7.08. The van der Waals surface area contributed by atoms with E-state index in [2.05, 4.69) is 28.9 Å². The molecule has 1 unspecified atom stereocenters. The Morgan fingerprint density at radius 3 is 2.70 bits per heavy atom. The Hall–Kier alpha value is -1.66. The van der Waals surface area contributed by atoms with E-state index in [9.17, 15) is 0 Å². The summed E-state index contributed by atoms with van der Waals surface area (Å²) in [6, 6.07) is 10.2. The molecule has 0 bridgehead atoms. The number of aromatic nitrogens is 3. The van der Waals surface area contributed by atoms with Crippen molar-refractivity contribution in [1.82, 2.24) is 14.8 Å². The zero-order valence-electron chi connectivity index (χ0n) is 12.0. The molecule has 5 nitrogen and oxygen atoms in total. The number of ether oxygens (including phenoxy) is 1. The summed E-state index contributed by atoms with van der Waals surface area (Å²) >= 11 is 5.36. The number of hydrogen-bond donors (Lipinski definition) is 1. The number of nitrogens with one attached hydrogen (secondary N) is 1. The van der Waals surface area contributed by atoms with Crippen LogP contribution in [0, 0.1) is 4.77 Å². The lowest BCUT2D eigenvalue weighted by atomic mass is 10.3.